The Morgan fingerprint density at radius 2 is 2.03 bits per heavy atom. The lowest BCUT2D eigenvalue weighted by molar-refractivity contribution is -0.136. The largest absolute Gasteiger partial charge is 0.481 e. The minimum Gasteiger partial charge on any atom is -0.481 e. The fourth-order valence-electron chi connectivity index (χ4n) is 4.16. The molecule has 0 amide bonds. The zero-order valence-corrected chi connectivity index (χ0v) is 19.2. The molecule has 2 atom stereocenters. The Balaban J connectivity index is 2.06. The number of benzene rings is 2. The molecule has 1 aliphatic rings. The second-order valence-corrected chi connectivity index (χ2v) is 9.93. The van der Waals surface area contributed by atoms with Crippen molar-refractivity contribution in [1.82, 2.24) is 0 Å². The highest BCUT2D eigenvalue weighted by molar-refractivity contribution is 7.91. The van der Waals surface area contributed by atoms with E-state index in [-0.39, 0.29) is 28.7 Å². The number of aryl methyl sites for hydroxylation is 1. The van der Waals surface area contributed by atoms with E-state index in [0.29, 0.717) is 36.3 Å². The Morgan fingerprint density at radius 3 is 2.66 bits per heavy atom. The zero-order chi connectivity index (χ0) is 23.5. The third kappa shape index (κ3) is 4.95. The molecule has 0 radical (unpaired) electrons. The summed E-state index contributed by atoms with van der Waals surface area (Å²) in [5.41, 5.74) is 0.803. The standard InChI is InChI=1S/C23H28FNO6S/c1-15-14-23(30-3,8-9-31-15)17-11-18(24)13-20(12-17)32(28,29)19-5-6-21(25-2)16(10-19)4-7-22(26)27/h5-6,10-13,15,25H,4,7-9,14H2,1-3H3,(H,26,27). The summed E-state index contributed by atoms with van der Waals surface area (Å²) in [4.78, 5) is 10.8. The van der Waals surface area contributed by atoms with E-state index in [9.17, 15) is 17.6 Å². The maximum Gasteiger partial charge on any atom is 0.303 e. The summed E-state index contributed by atoms with van der Waals surface area (Å²) in [7, 11) is -0.857. The predicted molar refractivity (Wildman–Crippen MR) is 117 cm³/mol. The van der Waals surface area contributed by atoms with E-state index >= 15 is 0 Å². The Bertz CT molecular complexity index is 1100. The number of aliphatic carboxylic acids is 1. The lowest BCUT2D eigenvalue weighted by atomic mass is 9.83. The number of carboxylic acids is 1. The average molecular weight is 466 g/mol. The second kappa shape index (κ2) is 9.56. The van der Waals surface area contributed by atoms with E-state index in [2.05, 4.69) is 5.32 Å². The number of halogens is 1. The minimum atomic E-state index is -4.06. The monoisotopic (exact) mass is 465 g/mol. The number of rotatable bonds is 8. The van der Waals surface area contributed by atoms with Crippen LogP contribution < -0.4 is 5.32 Å². The minimum absolute atomic E-state index is 0.0275. The summed E-state index contributed by atoms with van der Waals surface area (Å²) in [6.07, 6.45) is 0.862. The van der Waals surface area contributed by atoms with E-state index in [1.54, 1.807) is 13.1 Å². The summed E-state index contributed by atoms with van der Waals surface area (Å²) in [5.74, 6) is -1.65. The van der Waals surface area contributed by atoms with Crippen LogP contribution in [0.3, 0.4) is 0 Å². The van der Waals surface area contributed by atoms with Crippen LogP contribution in [0, 0.1) is 5.82 Å². The summed E-state index contributed by atoms with van der Waals surface area (Å²) >= 11 is 0. The molecule has 1 saturated heterocycles. The smallest absolute Gasteiger partial charge is 0.303 e. The molecule has 174 valence electrons. The molecule has 0 bridgehead atoms. The van der Waals surface area contributed by atoms with Crippen molar-refractivity contribution in [3.05, 3.63) is 53.3 Å². The van der Waals surface area contributed by atoms with Crippen molar-refractivity contribution < 1.29 is 32.2 Å². The van der Waals surface area contributed by atoms with Gasteiger partial charge in [-0.1, -0.05) is 0 Å². The molecule has 2 aromatic rings. The van der Waals surface area contributed by atoms with Crippen molar-refractivity contribution in [2.45, 2.75) is 54.1 Å². The number of sulfone groups is 1. The molecule has 1 heterocycles. The van der Waals surface area contributed by atoms with E-state index in [0.717, 1.165) is 6.07 Å². The first-order chi connectivity index (χ1) is 15.1. The fraction of sp³-hybridized carbons (Fsp3) is 0.435. The van der Waals surface area contributed by atoms with Crippen molar-refractivity contribution in [2.24, 2.45) is 0 Å². The number of ether oxygens (including phenoxy) is 2. The van der Waals surface area contributed by atoms with Gasteiger partial charge in [0.05, 0.1) is 28.1 Å². The molecule has 1 fully saturated rings. The van der Waals surface area contributed by atoms with Gasteiger partial charge >= 0.3 is 5.97 Å². The normalized spacial score (nSPS) is 21.3. The van der Waals surface area contributed by atoms with E-state index in [1.165, 1.54) is 31.4 Å². The lowest BCUT2D eigenvalue weighted by Crippen LogP contribution is -2.39. The van der Waals surface area contributed by atoms with Crippen LogP contribution in [0.1, 0.15) is 37.3 Å². The van der Waals surface area contributed by atoms with Crippen LogP contribution in [0.15, 0.2) is 46.2 Å². The summed E-state index contributed by atoms with van der Waals surface area (Å²) in [5, 5.41) is 11.9. The first-order valence-electron chi connectivity index (χ1n) is 10.4. The first kappa shape index (κ1) is 24.2. The highest BCUT2D eigenvalue weighted by atomic mass is 32.2. The maximum absolute atomic E-state index is 14.6. The van der Waals surface area contributed by atoms with Gasteiger partial charge in [0.2, 0.25) is 9.84 Å². The molecule has 0 spiro atoms. The van der Waals surface area contributed by atoms with Crippen LogP contribution in [0.2, 0.25) is 0 Å². The molecule has 9 heteroatoms. The topological polar surface area (TPSA) is 102 Å². The quantitative estimate of drug-likeness (QED) is 0.612. The van der Waals surface area contributed by atoms with Crippen LogP contribution in [0.25, 0.3) is 0 Å². The molecule has 1 aliphatic heterocycles. The summed E-state index contributed by atoms with van der Waals surface area (Å²) < 4.78 is 52.8. The average Bonchev–Trinajstić information content (AvgIpc) is 2.76. The van der Waals surface area contributed by atoms with E-state index in [1.807, 2.05) is 6.92 Å². The van der Waals surface area contributed by atoms with Crippen LogP contribution >= 0.6 is 0 Å². The maximum atomic E-state index is 14.6. The second-order valence-electron chi connectivity index (χ2n) is 7.98. The lowest BCUT2D eigenvalue weighted by Gasteiger charge is -2.39. The number of methoxy groups -OCH3 is 1. The van der Waals surface area contributed by atoms with Crippen molar-refractivity contribution in [2.75, 3.05) is 26.1 Å². The summed E-state index contributed by atoms with van der Waals surface area (Å²) in [6.45, 7) is 2.32. The molecule has 2 unspecified atom stereocenters. The van der Waals surface area contributed by atoms with Crippen molar-refractivity contribution in [3.63, 3.8) is 0 Å². The van der Waals surface area contributed by atoms with Crippen LogP contribution in [-0.2, 0) is 36.1 Å². The van der Waals surface area contributed by atoms with E-state index < -0.39 is 27.2 Å². The highest BCUT2D eigenvalue weighted by Gasteiger charge is 2.38. The van der Waals surface area contributed by atoms with Gasteiger partial charge in [-0.15, -0.1) is 0 Å². The first-order valence-corrected chi connectivity index (χ1v) is 11.8. The molecule has 32 heavy (non-hydrogen) atoms. The van der Waals surface area contributed by atoms with Crippen molar-refractivity contribution >= 4 is 21.5 Å². The highest BCUT2D eigenvalue weighted by Crippen LogP contribution is 2.39. The molecule has 0 aromatic heterocycles. The van der Waals surface area contributed by atoms with Gasteiger partial charge in [0, 0.05) is 39.1 Å². The molecular formula is C23H28FNO6S. The van der Waals surface area contributed by atoms with E-state index in [4.69, 9.17) is 14.6 Å². The number of hydrogen-bond donors (Lipinski definition) is 2. The molecule has 0 aliphatic carbocycles. The number of hydrogen-bond acceptors (Lipinski definition) is 6. The predicted octanol–water partition coefficient (Wildman–Crippen LogP) is 3.76. The summed E-state index contributed by atoms with van der Waals surface area (Å²) in [6, 6.07) is 8.22. The molecular weight excluding hydrogens is 437 g/mol. The number of nitrogens with one attached hydrogen (secondary N) is 1. The van der Waals surface area contributed by atoms with Gasteiger partial charge in [-0.3, -0.25) is 4.79 Å². The number of anilines is 1. The van der Waals surface area contributed by atoms with Crippen LogP contribution in [0.5, 0.6) is 0 Å². The molecule has 2 N–H and O–H groups in total. The van der Waals surface area contributed by atoms with Gasteiger partial charge in [0.1, 0.15) is 5.82 Å². The van der Waals surface area contributed by atoms with Gasteiger partial charge < -0.3 is 19.9 Å². The van der Waals surface area contributed by atoms with Gasteiger partial charge in [0.25, 0.3) is 0 Å². The zero-order valence-electron chi connectivity index (χ0n) is 18.4. The van der Waals surface area contributed by atoms with Crippen molar-refractivity contribution in [3.8, 4) is 0 Å². The van der Waals surface area contributed by atoms with Crippen LogP contribution in [0.4, 0.5) is 10.1 Å². The fourth-order valence-corrected chi connectivity index (χ4v) is 5.53. The Hall–Kier alpha value is -2.49. The number of carboxylic acid groups (broad SMARTS) is 1. The third-order valence-corrected chi connectivity index (χ3v) is 7.62. The van der Waals surface area contributed by atoms with Gasteiger partial charge in [-0.05, 0) is 60.9 Å². The van der Waals surface area contributed by atoms with Gasteiger partial charge in [0.15, 0.2) is 0 Å². The van der Waals surface area contributed by atoms with Crippen LogP contribution in [-0.4, -0.2) is 46.4 Å². The SMILES string of the molecule is CNc1ccc(S(=O)(=O)c2cc(F)cc(C3(OC)CCOC(C)C3)c2)cc1CCC(=O)O. The third-order valence-electron chi connectivity index (χ3n) is 5.89. The van der Waals surface area contributed by atoms with Crippen molar-refractivity contribution in [1.29, 1.82) is 0 Å². The van der Waals surface area contributed by atoms with Gasteiger partial charge in [-0.2, -0.15) is 0 Å². The Kier molecular flexibility index (Phi) is 7.22. The molecule has 0 saturated carbocycles. The van der Waals surface area contributed by atoms with Gasteiger partial charge in [-0.25, -0.2) is 12.8 Å². The molecule has 3 rings (SSSR count). The molecule has 7 nitrogen and oxygen atoms in total. The number of carbonyl (C=O) groups is 1. The Labute approximate surface area is 187 Å². The Morgan fingerprint density at radius 1 is 1.28 bits per heavy atom. The molecule has 2 aromatic carbocycles.